The van der Waals surface area contributed by atoms with Gasteiger partial charge in [0.1, 0.15) is 0 Å². The second kappa shape index (κ2) is 7.33. The SMILES string of the molecule is C#CCCCCNCc1ccc(Cl)c(C)c1. The van der Waals surface area contributed by atoms with Crippen LogP contribution in [-0.4, -0.2) is 6.54 Å². The van der Waals surface area contributed by atoms with Crippen molar-refractivity contribution in [3.63, 3.8) is 0 Å². The zero-order chi connectivity index (χ0) is 11.8. The molecule has 0 heterocycles. The molecule has 2 heteroatoms. The van der Waals surface area contributed by atoms with Gasteiger partial charge in [-0.2, -0.15) is 0 Å². The summed E-state index contributed by atoms with van der Waals surface area (Å²) in [6, 6.07) is 6.13. The van der Waals surface area contributed by atoms with Crippen LogP contribution in [0.2, 0.25) is 5.02 Å². The Hall–Kier alpha value is -0.970. The van der Waals surface area contributed by atoms with E-state index >= 15 is 0 Å². The second-order valence-corrected chi connectivity index (χ2v) is 4.33. The fraction of sp³-hybridized carbons (Fsp3) is 0.429. The molecule has 0 aliphatic rings. The van der Waals surface area contributed by atoms with E-state index in [-0.39, 0.29) is 0 Å². The highest BCUT2D eigenvalue weighted by atomic mass is 35.5. The molecule has 0 aliphatic heterocycles. The average Bonchev–Trinajstić information content (AvgIpc) is 2.28. The lowest BCUT2D eigenvalue weighted by atomic mass is 10.1. The normalized spacial score (nSPS) is 10.1. The lowest BCUT2D eigenvalue weighted by molar-refractivity contribution is 0.629. The number of halogens is 1. The van der Waals surface area contributed by atoms with Gasteiger partial charge in [0, 0.05) is 18.0 Å². The molecular weight excluding hydrogens is 218 g/mol. The molecular formula is C14H18ClN. The summed E-state index contributed by atoms with van der Waals surface area (Å²) in [5.74, 6) is 2.65. The fourth-order valence-corrected chi connectivity index (χ4v) is 1.64. The van der Waals surface area contributed by atoms with E-state index in [4.69, 9.17) is 18.0 Å². The molecule has 0 fully saturated rings. The van der Waals surface area contributed by atoms with Gasteiger partial charge in [0.2, 0.25) is 0 Å². The summed E-state index contributed by atoms with van der Waals surface area (Å²) in [5.41, 5.74) is 2.41. The Labute approximate surface area is 103 Å². The lowest BCUT2D eigenvalue weighted by Crippen LogP contribution is -2.14. The molecule has 1 N–H and O–H groups in total. The molecule has 1 nitrogen and oxygen atoms in total. The van der Waals surface area contributed by atoms with Crippen molar-refractivity contribution in [3.05, 3.63) is 34.3 Å². The maximum atomic E-state index is 5.96. The van der Waals surface area contributed by atoms with E-state index in [0.29, 0.717) is 0 Å². The summed E-state index contributed by atoms with van der Waals surface area (Å²) in [6.07, 6.45) is 8.29. The first-order valence-corrected chi connectivity index (χ1v) is 6.01. The third-order valence-electron chi connectivity index (χ3n) is 2.48. The summed E-state index contributed by atoms with van der Waals surface area (Å²) in [4.78, 5) is 0. The Balaban J connectivity index is 2.22. The number of nitrogens with one attached hydrogen (secondary N) is 1. The van der Waals surface area contributed by atoms with Crippen LogP contribution in [0.3, 0.4) is 0 Å². The summed E-state index contributed by atoms with van der Waals surface area (Å²) in [5, 5.41) is 4.23. The van der Waals surface area contributed by atoms with Crippen molar-refractivity contribution in [1.29, 1.82) is 0 Å². The number of rotatable bonds is 6. The van der Waals surface area contributed by atoms with Gasteiger partial charge in [0.05, 0.1) is 0 Å². The third kappa shape index (κ3) is 4.70. The molecule has 0 spiro atoms. The number of hydrogen-bond donors (Lipinski definition) is 1. The fourth-order valence-electron chi connectivity index (χ4n) is 1.53. The first-order valence-electron chi connectivity index (χ1n) is 5.63. The first-order chi connectivity index (χ1) is 7.74. The van der Waals surface area contributed by atoms with Gasteiger partial charge in [0.15, 0.2) is 0 Å². The Bertz CT molecular complexity index is 365. The molecule has 0 atom stereocenters. The van der Waals surface area contributed by atoms with Crippen LogP contribution in [0.4, 0.5) is 0 Å². The second-order valence-electron chi connectivity index (χ2n) is 3.92. The van der Waals surface area contributed by atoms with E-state index < -0.39 is 0 Å². The molecule has 1 rings (SSSR count). The van der Waals surface area contributed by atoms with Gasteiger partial charge in [-0.15, -0.1) is 12.3 Å². The quantitative estimate of drug-likeness (QED) is 0.588. The van der Waals surface area contributed by atoms with Gasteiger partial charge in [0.25, 0.3) is 0 Å². The molecule has 0 unspecified atom stereocenters. The van der Waals surface area contributed by atoms with Crippen molar-refractivity contribution in [1.82, 2.24) is 5.32 Å². The van der Waals surface area contributed by atoms with Crippen molar-refractivity contribution >= 4 is 11.6 Å². The highest BCUT2D eigenvalue weighted by molar-refractivity contribution is 6.31. The van der Waals surface area contributed by atoms with Gasteiger partial charge in [-0.25, -0.2) is 0 Å². The van der Waals surface area contributed by atoms with Crippen LogP contribution >= 0.6 is 11.6 Å². The van der Waals surface area contributed by atoms with Gasteiger partial charge >= 0.3 is 0 Å². The monoisotopic (exact) mass is 235 g/mol. The highest BCUT2D eigenvalue weighted by Gasteiger charge is 1.97. The predicted molar refractivity (Wildman–Crippen MR) is 70.6 cm³/mol. The van der Waals surface area contributed by atoms with Crippen LogP contribution < -0.4 is 5.32 Å². The van der Waals surface area contributed by atoms with Gasteiger partial charge in [-0.1, -0.05) is 23.7 Å². The Kier molecular flexibility index (Phi) is 6.00. The van der Waals surface area contributed by atoms with E-state index in [0.717, 1.165) is 42.9 Å². The van der Waals surface area contributed by atoms with Crippen molar-refractivity contribution in [2.24, 2.45) is 0 Å². The zero-order valence-electron chi connectivity index (χ0n) is 9.72. The Morgan fingerprint density at radius 2 is 2.19 bits per heavy atom. The highest BCUT2D eigenvalue weighted by Crippen LogP contribution is 2.15. The average molecular weight is 236 g/mol. The van der Waals surface area contributed by atoms with Crippen molar-refractivity contribution < 1.29 is 0 Å². The summed E-state index contributed by atoms with van der Waals surface area (Å²) >= 11 is 5.96. The van der Waals surface area contributed by atoms with Crippen LogP contribution in [0.25, 0.3) is 0 Å². The van der Waals surface area contributed by atoms with Crippen LogP contribution in [0.15, 0.2) is 18.2 Å². The number of aryl methyl sites for hydroxylation is 1. The van der Waals surface area contributed by atoms with Crippen LogP contribution in [0.1, 0.15) is 30.4 Å². The molecule has 1 aromatic carbocycles. The topological polar surface area (TPSA) is 12.0 Å². The maximum Gasteiger partial charge on any atom is 0.0435 e. The summed E-state index contributed by atoms with van der Waals surface area (Å²) in [6.45, 7) is 3.94. The molecule has 0 aromatic heterocycles. The third-order valence-corrected chi connectivity index (χ3v) is 2.90. The van der Waals surface area contributed by atoms with Gasteiger partial charge < -0.3 is 5.32 Å². The molecule has 16 heavy (non-hydrogen) atoms. The summed E-state index contributed by atoms with van der Waals surface area (Å²) in [7, 11) is 0. The minimum absolute atomic E-state index is 0.831. The van der Waals surface area contributed by atoms with Crippen molar-refractivity contribution in [3.8, 4) is 12.3 Å². The minimum atomic E-state index is 0.831. The molecule has 0 bridgehead atoms. The number of hydrogen-bond acceptors (Lipinski definition) is 1. The first kappa shape index (κ1) is 13.1. The van der Waals surface area contributed by atoms with E-state index in [9.17, 15) is 0 Å². The molecule has 0 amide bonds. The van der Waals surface area contributed by atoms with E-state index in [1.165, 1.54) is 5.56 Å². The molecule has 0 saturated carbocycles. The number of benzene rings is 1. The van der Waals surface area contributed by atoms with Crippen LogP contribution in [0, 0.1) is 19.3 Å². The molecule has 0 radical (unpaired) electrons. The molecule has 86 valence electrons. The van der Waals surface area contributed by atoms with Gasteiger partial charge in [-0.3, -0.25) is 0 Å². The van der Waals surface area contributed by atoms with Crippen LogP contribution in [0.5, 0.6) is 0 Å². The van der Waals surface area contributed by atoms with E-state index in [1.54, 1.807) is 0 Å². The van der Waals surface area contributed by atoms with Gasteiger partial charge in [-0.05, 0) is 43.5 Å². The maximum absolute atomic E-state index is 5.96. The smallest absolute Gasteiger partial charge is 0.0435 e. The molecule has 1 aromatic rings. The standard InChI is InChI=1S/C14H18ClN/c1-3-4-5-6-9-16-11-13-7-8-14(15)12(2)10-13/h1,7-8,10,16H,4-6,9,11H2,2H3. The van der Waals surface area contributed by atoms with Crippen molar-refractivity contribution in [2.75, 3.05) is 6.54 Å². The van der Waals surface area contributed by atoms with Crippen LogP contribution in [-0.2, 0) is 6.54 Å². The van der Waals surface area contributed by atoms with E-state index in [1.807, 2.05) is 13.0 Å². The number of terminal acetylenes is 1. The number of unbranched alkanes of at least 4 members (excludes halogenated alkanes) is 2. The Morgan fingerprint density at radius 3 is 2.88 bits per heavy atom. The van der Waals surface area contributed by atoms with E-state index in [2.05, 4.69) is 23.4 Å². The lowest BCUT2D eigenvalue weighted by Gasteiger charge is -2.06. The zero-order valence-corrected chi connectivity index (χ0v) is 10.5. The largest absolute Gasteiger partial charge is 0.313 e. The molecule has 0 saturated heterocycles. The minimum Gasteiger partial charge on any atom is -0.313 e. The van der Waals surface area contributed by atoms with Crippen molar-refractivity contribution in [2.45, 2.75) is 32.7 Å². The molecule has 0 aliphatic carbocycles. The Morgan fingerprint density at radius 1 is 1.38 bits per heavy atom. The summed E-state index contributed by atoms with van der Waals surface area (Å²) < 4.78 is 0. The predicted octanol–water partition coefficient (Wildman–Crippen LogP) is 3.54.